The molecule has 2 N–H and O–H groups in total. The van der Waals surface area contributed by atoms with Crippen LogP contribution in [0.5, 0.6) is 0 Å². The van der Waals surface area contributed by atoms with E-state index >= 15 is 0 Å². The summed E-state index contributed by atoms with van der Waals surface area (Å²) in [6.07, 6.45) is 2.94. The molecule has 1 atom stereocenters. The molecule has 0 fully saturated rings. The summed E-state index contributed by atoms with van der Waals surface area (Å²) >= 11 is 2.27. The van der Waals surface area contributed by atoms with Crippen LogP contribution in [0.2, 0.25) is 0 Å². The predicted octanol–water partition coefficient (Wildman–Crippen LogP) is 3.49. The highest BCUT2D eigenvalue weighted by Gasteiger charge is 2.12. The molecule has 0 bridgehead atoms. The number of rotatable bonds is 6. The van der Waals surface area contributed by atoms with Crippen LogP contribution < -0.4 is 5.73 Å². The largest absolute Gasteiger partial charge is 0.446 e. The van der Waals surface area contributed by atoms with Crippen molar-refractivity contribution in [3.8, 4) is 0 Å². The third-order valence-corrected chi connectivity index (χ3v) is 3.19. The van der Waals surface area contributed by atoms with E-state index in [0.29, 0.717) is 0 Å². The van der Waals surface area contributed by atoms with Crippen LogP contribution in [0.4, 0.5) is 4.79 Å². The van der Waals surface area contributed by atoms with E-state index in [1.54, 1.807) is 0 Å². The molecule has 3 nitrogen and oxygen atoms in total. The Labute approximate surface area is 116 Å². The number of nitrogens with two attached hydrogens (primary N) is 1. The van der Waals surface area contributed by atoms with Crippen LogP contribution in [-0.4, -0.2) is 12.2 Å². The van der Waals surface area contributed by atoms with E-state index in [4.69, 9.17) is 10.5 Å². The van der Waals surface area contributed by atoms with Crippen molar-refractivity contribution >= 4 is 28.7 Å². The molecular formula is C13H18INO2. The fourth-order valence-corrected chi connectivity index (χ4v) is 2.33. The van der Waals surface area contributed by atoms with Crippen molar-refractivity contribution in [2.45, 2.75) is 38.7 Å². The minimum absolute atomic E-state index is 0.106. The highest BCUT2D eigenvalue weighted by molar-refractivity contribution is 14.1. The molecule has 4 heteroatoms. The van der Waals surface area contributed by atoms with Gasteiger partial charge in [-0.1, -0.05) is 31.9 Å². The zero-order valence-corrected chi connectivity index (χ0v) is 12.1. The summed E-state index contributed by atoms with van der Waals surface area (Å²) in [7, 11) is 0. The van der Waals surface area contributed by atoms with Gasteiger partial charge >= 0.3 is 6.09 Å². The van der Waals surface area contributed by atoms with Gasteiger partial charge in [-0.3, -0.25) is 0 Å². The quantitative estimate of drug-likeness (QED) is 0.801. The van der Waals surface area contributed by atoms with Gasteiger partial charge in [-0.25, -0.2) is 4.79 Å². The number of amides is 1. The number of benzene rings is 1. The molecule has 17 heavy (non-hydrogen) atoms. The normalized spacial score (nSPS) is 12.1. The summed E-state index contributed by atoms with van der Waals surface area (Å²) in [5, 5.41) is 0. The highest BCUT2D eigenvalue weighted by atomic mass is 127. The van der Waals surface area contributed by atoms with Crippen molar-refractivity contribution in [3.05, 3.63) is 33.4 Å². The van der Waals surface area contributed by atoms with Gasteiger partial charge in [-0.15, -0.1) is 0 Å². The molecule has 0 aliphatic carbocycles. The van der Waals surface area contributed by atoms with Gasteiger partial charge in [-0.2, -0.15) is 0 Å². The van der Waals surface area contributed by atoms with Crippen molar-refractivity contribution in [3.63, 3.8) is 0 Å². The molecule has 0 aliphatic rings. The molecule has 1 aromatic carbocycles. The molecule has 1 rings (SSSR count). The molecule has 0 aromatic heterocycles. The number of hydrogen-bond acceptors (Lipinski definition) is 2. The smallest absolute Gasteiger partial charge is 0.404 e. The Morgan fingerprint density at radius 1 is 1.53 bits per heavy atom. The standard InChI is InChI=1S/C13H18INO2/c1-2-3-7-12(17-13(15)16)9-10-5-4-6-11(14)8-10/h4-6,8,12H,2-3,7,9H2,1H3,(H2,15,16)/t12-/m0/s1. The first-order valence-electron chi connectivity index (χ1n) is 5.82. The summed E-state index contributed by atoms with van der Waals surface area (Å²) in [5.74, 6) is 0. The minimum Gasteiger partial charge on any atom is -0.446 e. The molecule has 94 valence electrons. The van der Waals surface area contributed by atoms with Crippen LogP contribution in [0.25, 0.3) is 0 Å². The number of halogens is 1. The lowest BCUT2D eigenvalue weighted by Gasteiger charge is -2.16. The van der Waals surface area contributed by atoms with Crippen LogP contribution in [0.1, 0.15) is 31.7 Å². The molecule has 0 aliphatic heterocycles. The summed E-state index contributed by atoms with van der Waals surface area (Å²) in [6.45, 7) is 2.12. The van der Waals surface area contributed by atoms with Gasteiger partial charge in [0.15, 0.2) is 0 Å². The number of hydrogen-bond donors (Lipinski definition) is 1. The van der Waals surface area contributed by atoms with Gasteiger partial charge < -0.3 is 10.5 Å². The fourth-order valence-electron chi connectivity index (χ4n) is 1.73. The number of carbonyl (C=O) groups excluding carboxylic acids is 1. The lowest BCUT2D eigenvalue weighted by molar-refractivity contribution is 0.0997. The van der Waals surface area contributed by atoms with Crippen molar-refractivity contribution in [1.29, 1.82) is 0 Å². The van der Waals surface area contributed by atoms with Gasteiger partial charge in [-0.05, 0) is 46.7 Å². The zero-order valence-electron chi connectivity index (χ0n) is 9.99. The van der Waals surface area contributed by atoms with Crippen LogP contribution in [0.15, 0.2) is 24.3 Å². The third kappa shape index (κ3) is 5.91. The third-order valence-electron chi connectivity index (χ3n) is 2.51. The van der Waals surface area contributed by atoms with E-state index in [1.807, 2.05) is 18.2 Å². The first-order valence-corrected chi connectivity index (χ1v) is 6.90. The average Bonchev–Trinajstić information content (AvgIpc) is 2.25. The number of carbonyl (C=O) groups is 1. The van der Waals surface area contributed by atoms with Gasteiger partial charge in [0.05, 0.1) is 0 Å². The Hall–Kier alpha value is -0.780. The van der Waals surface area contributed by atoms with Crippen molar-refractivity contribution < 1.29 is 9.53 Å². The first-order chi connectivity index (χ1) is 8.11. The van der Waals surface area contributed by atoms with Gasteiger partial charge in [0.2, 0.25) is 0 Å². The maximum atomic E-state index is 10.8. The Balaban J connectivity index is 2.61. The van der Waals surface area contributed by atoms with Gasteiger partial charge in [0, 0.05) is 9.99 Å². The Kier molecular flexibility index (Phi) is 6.32. The first kappa shape index (κ1) is 14.3. The van der Waals surface area contributed by atoms with Crippen molar-refractivity contribution in [1.82, 2.24) is 0 Å². The fraction of sp³-hybridized carbons (Fsp3) is 0.462. The molecule has 0 unspecified atom stereocenters. The topological polar surface area (TPSA) is 52.3 Å². The maximum Gasteiger partial charge on any atom is 0.404 e. The summed E-state index contributed by atoms with van der Waals surface area (Å²) < 4.78 is 6.32. The zero-order chi connectivity index (χ0) is 12.7. The monoisotopic (exact) mass is 347 g/mol. The molecular weight excluding hydrogens is 329 g/mol. The van der Waals surface area contributed by atoms with Crippen molar-refractivity contribution in [2.75, 3.05) is 0 Å². The Morgan fingerprint density at radius 2 is 2.29 bits per heavy atom. The molecule has 0 heterocycles. The average molecular weight is 347 g/mol. The van der Waals surface area contributed by atoms with E-state index in [1.165, 1.54) is 9.13 Å². The molecule has 0 spiro atoms. The second-order valence-corrected chi connectivity index (χ2v) is 5.28. The lowest BCUT2D eigenvalue weighted by atomic mass is 10.0. The molecule has 0 saturated heterocycles. The predicted molar refractivity (Wildman–Crippen MR) is 76.8 cm³/mol. The molecule has 1 amide bonds. The minimum atomic E-state index is -0.684. The van der Waals surface area contributed by atoms with E-state index in [2.05, 4.69) is 35.6 Å². The van der Waals surface area contributed by atoms with E-state index in [0.717, 1.165) is 25.7 Å². The summed E-state index contributed by atoms with van der Waals surface area (Å²) in [4.78, 5) is 10.8. The van der Waals surface area contributed by atoms with E-state index in [-0.39, 0.29) is 6.10 Å². The second kappa shape index (κ2) is 7.53. The van der Waals surface area contributed by atoms with Crippen LogP contribution in [0, 0.1) is 3.57 Å². The second-order valence-electron chi connectivity index (χ2n) is 4.04. The highest BCUT2D eigenvalue weighted by Crippen LogP contribution is 2.14. The molecule has 0 saturated carbocycles. The Bertz CT molecular complexity index is 368. The van der Waals surface area contributed by atoms with Crippen molar-refractivity contribution in [2.24, 2.45) is 5.73 Å². The van der Waals surface area contributed by atoms with E-state index < -0.39 is 6.09 Å². The number of unbranched alkanes of at least 4 members (excludes halogenated alkanes) is 1. The number of ether oxygens (including phenoxy) is 1. The van der Waals surface area contributed by atoms with Gasteiger partial charge in [0.1, 0.15) is 6.10 Å². The number of primary amides is 1. The lowest BCUT2D eigenvalue weighted by Crippen LogP contribution is -2.24. The van der Waals surface area contributed by atoms with Crippen LogP contribution in [-0.2, 0) is 11.2 Å². The summed E-state index contributed by atoms with van der Waals surface area (Å²) in [5.41, 5.74) is 6.27. The van der Waals surface area contributed by atoms with Crippen LogP contribution in [0.3, 0.4) is 0 Å². The Morgan fingerprint density at radius 3 is 2.88 bits per heavy atom. The summed E-state index contributed by atoms with van der Waals surface area (Å²) in [6, 6.07) is 8.20. The SMILES string of the molecule is CCCC[C@@H](Cc1cccc(I)c1)OC(N)=O. The van der Waals surface area contributed by atoms with E-state index in [9.17, 15) is 4.79 Å². The van der Waals surface area contributed by atoms with Crippen LogP contribution >= 0.6 is 22.6 Å². The van der Waals surface area contributed by atoms with Gasteiger partial charge in [0.25, 0.3) is 0 Å². The molecule has 0 radical (unpaired) electrons. The molecule has 1 aromatic rings. The maximum absolute atomic E-state index is 10.8.